The van der Waals surface area contributed by atoms with Crippen LogP contribution in [-0.2, 0) is 4.74 Å². The number of ether oxygens (including phenoxy) is 3. The van der Waals surface area contributed by atoms with Gasteiger partial charge in [0.15, 0.2) is 17.2 Å². The number of nitrogens with zero attached hydrogens (tertiary/aromatic N) is 2. The van der Waals surface area contributed by atoms with Gasteiger partial charge in [-0.05, 0) is 19.4 Å². The van der Waals surface area contributed by atoms with Gasteiger partial charge in [-0.2, -0.15) is 10.3 Å². The number of hydrogen-bond acceptors (Lipinski definition) is 6. The maximum Gasteiger partial charge on any atom is 0.361 e. The van der Waals surface area contributed by atoms with Crippen LogP contribution >= 0.6 is 11.6 Å². The third-order valence-corrected chi connectivity index (χ3v) is 3.18. The van der Waals surface area contributed by atoms with Crippen molar-refractivity contribution in [2.24, 2.45) is 0 Å². The van der Waals surface area contributed by atoms with E-state index >= 15 is 0 Å². The topological polar surface area (TPSA) is 86.3 Å². The van der Waals surface area contributed by atoms with Gasteiger partial charge in [0, 0.05) is 11.1 Å². The minimum Gasteiger partial charge on any atom is -0.493 e. The zero-order valence-electron chi connectivity index (χ0n) is 13.2. The molecule has 23 heavy (non-hydrogen) atoms. The number of H-pyrrole nitrogens is 1. The Hall–Kier alpha value is -2.28. The molecule has 0 saturated carbocycles. The second kappa shape index (κ2) is 7.82. The van der Waals surface area contributed by atoms with Crippen LogP contribution in [0.3, 0.4) is 0 Å². The predicted molar refractivity (Wildman–Crippen MR) is 85.1 cm³/mol. The molecule has 1 N–H and O–H groups in total. The van der Waals surface area contributed by atoms with E-state index in [0.717, 1.165) is 6.42 Å². The summed E-state index contributed by atoms with van der Waals surface area (Å²) in [5.74, 6) is 0.341. The summed E-state index contributed by atoms with van der Waals surface area (Å²) >= 11 is 6.13. The molecule has 0 atom stereocenters. The van der Waals surface area contributed by atoms with Crippen LogP contribution in [0, 0.1) is 0 Å². The Morgan fingerprint density at radius 1 is 1.30 bits per heavy atom. The van der Waals surface area contributed by atoms with Gasteiger partial charge in [-0.3, -0.25) is 0 Å². The first kappa shape index (κ1) is 17.1. The van der Waals surface area contributed by atoms with E-state index in [9.17, 15) is 4.79 Å². The molecule has 0 unspecified atom stereocenters. The molecule has 0 bridgehead atoms. The number of methoxy groups -OCH3 is 1. The molecular formula is C15H18ClN3O4. The van der Waals surface area contributed by atoms with Crippen molar-refractivity contribution in [3.8, 4) is 22.8 Å². The summed E-state index contributed by atoms with van der Waals surface area (Å²) in [5, 5.41) is 10.8. The fourth-order valence-corrected chi connectivity index (χ4v) is 2.22. The zero-order chi connectivity index (χ0) is 16.8. The van der Waals surface area contributed by atoms with Crippen LogP contribution in [0.5, 0.6) is 11.5 Å². The standard InChI is InChI=1S/C15H18ClN3O4/c1-4-6-23-14-10(7-9(16)8-11(14)21-3)12-13(18-19-17-12)15(20)22-5-2/h7-8H,4-6H2,1-3H3,(H,17,18,19). The molecule has 0 aliphatic heterocycles. The van der Waals surface area contributed by atoms with Gasteiger partial charge in [0.1, 0.15) is 5.69 Å². The highest BCUT2D eigenvalue weighted by Crippen LogP contribution is 2.41. The molecule has 8 heteroatoms. The first-order valence-electron chi connectivity index (χ1n) is 7.20. The predicted octanol–water partition coefficient (Wildman–Crippen LogP) is 3.10. The number of hydrogen-bond donors (Lipinski definition) is 1. The van der Waals surface area contributed by atoms with E-state index in [-0.39, 0.29) is 12.3 Å². The maximum absolute atomic E-state index is 12.0. The molecule has 0 amide bonds. The minimum absolute atomic E-state index is 0.0671. The molecule has 0 saturated heterocycles. The summed E-state index contributed by atoms with van der Waals surface area (Å²) in [5.41, 5.74) is 0.882. The van der Waals surface area contributed by atoms with Gasteiger partial charge < -0.3 is 14.2 Å². The molecule has 1 aromatic carbocycles. The van der Waals surface area contributed by atoms with Crippen molar-refractivity contribution < 1.29 is 19.0 Å². The summed E-state index contributed by atoms with van der Waals surface area (Å²) in [7, 11) is 1.52. The first-order chi connectivity index (χ1) is 11.1. The number of rotatable bonds is 7. The van der Waals surface area contributed by atoms with Gasteiger partial charge in [-0.1, -0.05) is 18.5 Å². The molecule has 2 rings (SSSR count). The van der Waals surface area contributed by atoms with Gasteiger partial charge in [0.25, 0.3) is 0 Å². The van der Waals surface area contributed by atoms with E-state index in [0.29, 0.717) is 34.4 Å². The summed E-state index contributed by atoms with van der Waals surface area (Å²) in [4.78, 5) is 12.0. The molecule has 0 radical (unpaired) electrons. The van der Waals surface area contributed by atoms with Crippen LogP contribution in [0.1, 0.15) is 30.8 Å². The molecule has 1 aromatic heterocycles. The number of aromatic nitrogens is 3. The number of carbonyl (C=O) groups excluding carboxylic acids is 1. The van der Waals surface area contributed by atoms with Gasteiger partial charge in [0.05, 0.1) is 25.9 Å². The average molecular weight is 340 g/mol. The van der Waals surface area contributed by atoms with E-state index in [2.05, 4.69) is 15.4 Å². The highest BCUT2D eigenvalue weighted by atomic mass is 35.5. The highest BCUT2D eigenvalue weighted by Gasteiger charge is 2.24. The van der Waals surface area contributed by atoms with Crippen LogP contribution in [0.4, 0.5) is 0 Å². The van der Waals surface area contributed by atoms with Crippen LogP contribution in [-0.4, -0.2) is 41.7 Å². The van der Waals surface area contributed by atoms with Gasteiger partial charge in [0.2, 0.25) is 0 Å². The second-order valence-corrected chi connectivity index (χ2v) is 5.01. The lowest BCUT2D eigenvalue weighted by atomic mass is 10.1. The zero-order valence-corrected chi connectivity index (χ0v) is 13.9. The van der Waals surface area contributed by atoms with Gasteiger partial charge >= 0.3 is 5.97 Å². The lowest BCUT2D eigenvalue weighted by Gasteiger charge is -2.14. The van der Waals surface area contributed by atoms with Crippen LogP contribution in [0.2, 0.25) is 5.02 Å². The summed E-state index contributed by atoms with van der Waals surface area (Å²) < 4.78 is 16.1. The number of carbonyl (C=O) groups is 1. The summed E-state index contributed by atoms with van der Waals surface area (Å²) in [6, 6.07) is 3.29. The molecule has 0 fully saturated rings. The van der Waals surface area contributed by atoms with E-state index in [1.807, 2.05) is 6.92 Å². The van der Waals surface area contributed by atoms with Crippen molar-refractivity contribution in [1.29, 1.82) is 0 Å². The van der Waals surface area contributed by atoms with E-state index in [1.165, 1.54) is 7.11 Å². The molecule has 2 aromatic rings. The molecule has 124 valence electrons. The average Bonchev–Trinajstić information content (AvgIpc) is 3.02. The number of aromatic amines is 1. The smallest absolute Gasteiger partial charge is 0.361 e. The van der Waals surface area contributed by atoms with Crippen molar-refractivity contribution in [2.45, 2.75) is 20.3 Å². The van der Waals surface area contributed by atoms with Crippen molar-refractivity contribution >= 4 is 17.6 Å². The van der Waals surface area contributed by atoms with Gasteiger partial charge in [-0.25, -0.2) is 4.79 Å². The highest BCUT2D eigenvalue weighted by molar-refractivity contribution is 6.31. The monoisotopic (exact) mass is 339 g/mol. The van der Waals surface area contributed by atoms with Crippen molar-refractivity contribution in [3.05, 3.63) is 22.8 Å². The van der Waals surface area contributed by atoms with Crippen LogP contribution in [0.15, 0.2) is 12.1 Å². The molecule has 0 spiro atoms. The van der Waals surface area contributed by atoms with Crippen LogP contribution < -0.4 is 9.47 Å². The lowest BCUT2D eigenvalue weighted by molar-refractivity contribution is 0.0520. The summed E-state index contributed by atoms with van der Waals surface area (Å²) in [6.45, 7) is 4.43. The number of esters is 1. The van der Waals surface area contributed by atoms with Crippen molar-refractivity contribution in [1.82, 2.24) is 15.4 Å². The van der Waals surface area contributed by atoms with Gasteiger partial charge in [-0.15, -0.1) is 5.10 Å². The number of halogens is 1. The molecule has 7 nitrogen and oxygen atoms in total. The third-order valence-electron chi connectivity index (χ3n) is 2.96. The normalized spacial score (nSPS) is 10.4. The maximum atomic E-state index is 12.0. The molecule has 1 heterocycles. The SMILES string of the molecule is CCCOc1c(OC)cc(Cl)cc1-c1n[nH]nc1C(=O)OCC. The Morgan fingerprint density at radius 3 is 2.74 bits per heavy atom. The van der Waals surface area contributed by atoms with Crippen molar-refractivity contribution in [3.63, 3.8) is 0 Å². The Labute approximate surface area is 138 Å². The minimum atomic E-state index is -0.573. The third kappa shape index (κ3) is 3.73. The molecular weight excluding hydrogens is 322 g/mol. The van der Waals surface area contributed by atoms with Crippen molar-refractivity contribution in [2.75, 3.05) is 20.3 Å². The van der Waals surface area contributed by atoms with Crippen LogP contribution in [0.25, 0.3) is 11.3 Å². The fourth-order valence-electron chi connectivity index (χ4n) is 2.01. The van der Waals surface area contributed by atoms with E-state index < -0.39 is 5.97 Å². The second-order valence-electron chi connectivity index (χ2n) is 4.57. The Kier molecular flexibility index (Phi) is 5.81. The molecule has 0 aliphatic carbocycles. The summed E-state index contributed by atoms with van der Waals surface area (Å²) in [6.07, 6.45) is 0.814. The Morgan fingerprint density at radius 2 is 2.09 bits per heavy atom. The van der Waals surface area contributed by atoms with E-state index in [4.69, 9.17) is 25.8 Å². The first-order valence-corrected chi connectivity index (χ1v) is 7.58. The molecule has 0 aliphatic rings. The van der Waals surface area contributed by atoms with E-state index in [1.54, 1.807) is 19.1 Å². The fraction of sp³-hybridized carbons (Fsp3) is 0.400. The lowest BCUT2D eigenvalue weighted by Crippen LogP contribution is -2.07. The number of nitrogens with one attached hydrogen (secondary N) is 1. The Balaban J connectivity index is 2.56. The number of benzene rings is 1. The quantitative estimate of drug-likeness (QED) is 0.780. The largest absolute Gasteiger partial charge is 0.493 e. The Bertz CT molecular complexity index is 687.